The summed E-state index contributed by atoms with van der Waals surface area (Å²) in [6.07, 6.45) is 5.20. The summed E-state index contributed by atoms with van der Waals surface area (Å²) in [6.45, 7) is 0. The van der Waals surface area contributed by atoms with Crippen LogP contribution in [0.25, 0.3) is 0 Å². The summed E-state index contributed by atoms with van der Waals surface area (Å²) >= 11 is 1.66. The van der Waals surface area contributed by atoms with Crippen molar-refractivity contribution in [3.63, 3.8) is 0 Å². The monoisotopic (exact) mass is 170 g/mol. The number of hydrogen-bond donors (Lipinski definition) is 0. The molecule has 0 aliphatic heterocycles. The molecule has 0 spiro atoms. The molecule has 1 rings (SSSR count). The fourth-order valence-electron chi connectivity index (χ4n) is 0.435. The first-order valence-corrected chi connectivity index (χ1v) is 4.10. The summed E-state index contributed by atoms with van der Waals surface area (Å²) in [7, 11) is 0. The van der Waals surface area contributed by atoms with Gasteiger partial charge in [-0.05, 0) is 0 Å². The molecule has 0 N–H and O–H groups in total. The molecule has 0 bridgehead atoms. The van der Waals surface area contributed by atoms with Gasteiger partial charge in [0.1, 0.15) is 0 Å². The summed E-state index contributed by atoms with van der Waals surface area (Å²) in [5, 5.41) is 1.03. The van der Waals surface area contributed by atoms with E-state index in [1.54, 1.807) is 35.4 Å². The second-order valence-corrected chi connectivity index (χ2v) is 2.26. The van der Waals surface area contributed by atoms with Gasteiger partial charge in [-0.1, -0.05) is 0 Å². The molecule has 1 aromatic heterocycles. The molecule has 3 heteroatoms. The Balaban J connectivity index is 2.83. The van der Waals surface area contributed by atoms with Gasteiger partial charge in [0.25, 0.3) is 0 Å². The van der Waals surface area contributed by atoms with E-state index in [4.69, 9.17) is 0 Å². The summed E-state index contributed by atoms with van der Waals surface area (Å²) < 4.78 is 0. The third-order valence-corrected chi connectivity index (χ3v) is 1.70. The molecule has 1 aromatic rings. The summed E-state index contributed by atoms with van der Waals surface area (Å²) in [5.74, 6) is 0. The molecule has 8 heavy (non-hydrogen) atoms. The Hall–Kier alpha value is -0.362. The first-order chi connectivity index (χ1) is 3.93. The molecule has 0 saturated heterocycles. The topological polar surface area (TPSA) is 25.8 Å². The Labute approximate surface area is 56.9 Å². The Kier molecular flexibility index (Phi) is 2.04. The van der Waals surface area contributed by atoms with Gasteiger partial charge in [-0.2, -0.15) is 0 Å². The Bertz CT molecular complexity index is 152. The van der Waals surface area contributed by atoms with Crippen LogP contribution in [0.2, 0.25) is 0 Å². The minimum atomic E-state index is 1.03. The van der Waals surface area contributed by atoms with Crippen molar-refractivity contribution in [2.75, 3.05) is 0 Å². The molecule has 0 radical (unpaired) electrons. The van der Waals surface area contributed by atoms with Crippen molar-refractivity contribution in [3.8, 4) is 0 Å². The number of rotatable bonds is 1. The van der Waals surface area contributed by atoms with Crippen molar-refractivity contribution in [2.45, 2.75) is 5.21 Å². The number of hydrogen-bond acceptors (Lipinski definition) is 2. The number of nitrogens with zero attached hydrogens (tertiary/aromatic N) is 2. The molecule has 0 fully saturated rings. The van der Waals surface area contributed by atoms with Crippen LogP contribution >= 0.6 is 0 Å². The quantitative estimate of drug-likeness (QED) is 0.536. The van der Waals surface area contributed by atoms with Crippen LogP contribution in [0.1, 0.15) is 5.69 Å². The number of aromatic nitrogens is 2. The normalized spacial score (nSPS) is 9.12. The van der Waals surface area contributed by atoms with Crippen LogP contribution in [0.3, 0.4) is 0 Å². The van der Waals surface area contributed by atoms with Crippen LogP contribution in [-0.2, 0) is 5.21 Å². The van der Waals surface area contributed by atoms with Gasteiger partial charge >= 0.3 is 56.3 Å². The van der Waals surface area contributed by atoms with Gasteiger partial charge in [-0.25, -0.2) is 0 Å². The maximum atomic E-state index is 4.05. The summed E-state index contributed by atoms with van der Waals surface area (Å²) in [6, 6.07) is 0. The first-order valence-electron chi connectivity index (χ1n) is 2.38. The van der Waals surface area contributed by atoms with Crippen molar-refractivity contribution in [1.29, 1.82) is 0 Å². The van der Waals surface area contributed by atoms with E-state index in [0.29, 0.717) is 0 Å². The van der Waals surface area contributed by atoms with E-state index in [0.717, 1.165) is 10.9 Å². The zero-order valence-corrected chi connectivity index (χ0v) is 6.83. The van der Waals surface area contributed by atoms with E-state index in [1.807, 2.05) is 0 Å². The average Bonchev–Trinajstić information content (AvgIpc) is 1.90. The molecule has 0 aliphatic rings. The summed E-state index contributed by atoms with van der Waals surface area (Å²) in [4.78, 5) is 7.95. The van der Waals surface area contributed by atoms with Gasteiger partial charge in [0.15, 0.2) is 0 Å². The van der Waals surface area contributed by atoms with Gasteiger partial charge in [0.05, 0.1) is 0 Å². The molecule has 0 aliphatic carbocycles. The van der Waals surface area contributed by atoms with Crippen LogP contribution < -0.4 is 0 Å². The molecule has 1 atom stereocenters. The zero-order valence-electron chi connectivity index (χ0n) is 4.41. The SMILES string of the molecule is [AsH2]Cc1cnccn1. The Morgan fingerprint density at radius 1 is 1.50 bits per heavy atom. The van der Waals surface area contributed by atoms with E-state index >= 15 is 0 Å². The van der Waals surface area contributed by atoms with E-state index in [2.05, 4.69) is 9.97 Å². The van der Waals surface area contributed by atoms with Gasteiger partial charge in [-0.15, -0.1) is 0 Å². The van der Waals surface area contributed by atoms with Crippen molar-refractivity contribution in [2.24, 2.45) is 0 Å². The van der Waals surface area contributed by atoms with E-state index in [1.165, 1.54) is 0 Å². The van der Waals surface area contributed by atoms with Crippen LogP contribution in [-0.4, -0.2) is 26.8 Å². The average molecular weight is 170 g/mol. The van der Waals surface area contributed by atoms with Gasteiger partial charge in [0.2, 0.25) is 0 Å². The molecule has 2 nitrogen and oxygen atoms in total. The molecule has 42 valence electrons. The fourth-order valence-corrected chi connectivity index (χ4v) is 0.878. The zero-order chi connectivity index (χ0) is 5.82. The van der Waals surface area contributed by atoms with Crippen molar-refractivity contribution < 1.29 is 0 Å². The van der Waals surface area contributed by atoms with Crippen LogP contribution in [0.5, 0.6) is 0 Å². The Morgan fingerprint density at radius 2 is 2.38 bits per heavy atom. The van der Waals surface area contributed by atoms with Crippen molar-refractivity contribution >= 4 is 16.9 Å². The molecular weight excluding hydrogens is 163 g/mol. The molecule has 1 heterocycles. The Morgan fingerprint density at radius 3 is 2.75 bits per heavy atom. The molecule has 1 unspecified atom stereocenters. The predicted octanol–water partition coefficient (Wildman–Crippen LogP) is -0.390. The van der Waals surface area contributed by atoms with Crippen LogP contribution in [0.15, 0.2) is 18.6 Å². The maximum absolute atomic E-state index is 4.05. The standard InChI is InChI=1S/C5H7AsN2/c6-3-5-4-7-1-2-8-5/h1-2,4H,3,6H2. The second kappa shape index (κ2) is 2.83. The van der Waals surface area contributed by atoms with E-state index < -0.39 is 0 Å². The molecule has 0 amide bonds. The van der Waals surface area contributed by atoms with Gasteiger partial charge < -0.3 is 0 Å². The third-order valence-electron chi connectivity index (χ3n) is 0.826. The first kappa shape index (κ1) is 5.77. The van der Waals surface area contributed by atoms with Crippen molar-refractivity contribution in [1.82, 2.24) is 9.97 Å². The van der Waals surface area contributed by atoms with Crippen LogP contribution in [0.4, 0.5) is 0 Å². The third kappa shape index (κ3) is 1.31. The molecular formula is C5H7AsN2. The summed E-state index contributed by atoms with van der Waals surface area (Å²) in [5.41, 5.74) is 1.08. The molecule has 0 saturated carbocycles. The van der Waals surface area contributed by atoms with Crippen molar-refractivity contribution in [3.05, 3.63) is 24.3 Å². The minimum absolute atomic E-state index is 1.03. The second-order valence-electron chi connectivity index (χ2n) is 1.40. The van der Waals surface area contributed by atoms with E-state index in [-0.39, 0.29) is 0 Å². The van der Waals surface area contributed by atoms with Crippen LogP contribution in [0, 0.1) is 0 Å². The van der Waals surface area contributed by atoms with Gasteiger partial charge in [0, 0.05) is 0 Å². The van der Waals surface area contributed by atoms with E-state index in [9.17, 15) is 0 Å². The van der Waals surface area contributed by atoms with Gasteiger partial charge in [-0.3, -0.25) is 0 Å². The predicted molar refractivity (Wildman–Crippen MR) is 34.3 cm³/mol. The molecule has 0 aromatic carbocycles. The fraction of sp³-hybridized carbons (Fsp3) is 0.200.